The molecule has 3 aromatic rings. The minimum Gasteiger partial charge on any atom is -0.444 e. The Morgan fingerprint density at radius 1 is 1.00 bits per heavy atom. The lowest BCUT2D eigenvalue weighted by molar-refractivity contribution is -0.140. The summed E-state index contributed by atoms with van der Waals surface area (Å²) >= 11 is 6.39. The molecule has 0 saturated carbocycles. The highest BCUT2D eigenvalue weighted by Gasteiger charge is 2.37. The van der Waals surface area contributed by atoms with Crippen molar-refractivity contribution in [1.29, 1.82) is 5.26 Å². The van der Waals surface area contributed by atoms with Crippen molar-refractivity contribution in [3.63, 3.8) is 0 Å². The molecule has 0 spiro atoms. The van der Waals surface area contributed by atoms with Gasteiger partial charge in [0.05, 0.1) is 16.8 Å². The van der Waals surface area contributed by atoms with Gasteiger partial charge in [-0.2, -0.15) is 5.26 Å². The third-order valence-corrected chi connectivity index (χ3v) is 6.50. The van der Waals surface area contributed by atoms with Gasteiger partial charge in [0.1, 0.15) is 24.2 Å². The first kappa shape index (κ1) is 31.2. The molecule has 2 atom stereocenters. The molecular formula is C32H35ClN4O4. The van der Waals surface area contributed by atoms with Crippen LogP contribution < -0.4 is 10.6 Å². The number of para-hydroxylation sites is 1. The number of carbonyl (C=O) groups excluding carboxylic acids is 3. The molecule has 0 heterocycles. The van der Waals surface area contributed by atoms with E-state index < -0.39 is 42.1 Å². The van der Waals surface area contributed by atoms with Crippen molar-refractivity contribution in [2.75, 3.05) is 11.9 Å². The number of rotatable bonds is 9. The fourth-order valence-corrected chi connectivity index (χ4v) is 4.64. The summed E-state index contributed by atoms with van der Waals surface area (Å²) < 4.78 is 5.43. The number of amides is 3. The quantitative estimate of drug-likeness (QED) is 0.299. The van der Waals surface area contributed by atoms with Gasteiger partial charge in [-0.3, -0.25) is 9.59 Å². The summed E-state index contributed by atoms with van der Waals surface area (Å²) in [7, 11) is 0. The number of benzene rings is 3. The summed E-state index contributed by atoms with van der Waals surface area (Å²) in [5, 5.41) is 15.7. The second-order valence-corrected chi connectivity index (χ2v) is 11.2. The molecule has 0 aliphatic heterocycles. The van der Waals surface area contributed by atoms with Crippen LogP contribution in [0.15, 0.2) is 72.8 Å². The van der Waals surface area contributed by atoms with Crippen LogP contribution in [0, 0.1) is 25.2 Å². The summed E-state index contributed by atoms with van der Waals surface area (Å²) in [6.07, 6.45) is -0.668. The molecule has 214 valence electrons. The van der Waals surface area contributed by atoms with E-state index in [4.69, 9.17) is 16.3 Å². The minimum atomic E-state index is -1.20. The van der Waals surface area contributed by atoms with Crippen molar-refractivity contribution in [3.8, 4) is 6.07 Å². The van der Waals surface area contributed by atoms with E-state index in [-0.39, 0.29) is 6.42 Å². The van der Waals surface area contributed by atoms with E-state index in [1.165, 1.54) is 4.90 Å². The van der Waals surface area contributed by atoms with Crippen LogP contribution in [0.2, 0.25) is 5.02 Å². The fourth-order valence-electron chi connectivity index (χ4n) is 4.37. The van der Waals surface area contributed by atoms with Gasteiger partial charge in [-0.1, -0.05) is 83.9 Å². The van der Waals surface area contributed by atoms with E-state index in [1.807, 2.05) is 62.4 Å². The fraction of sp³-hybridized carbons (Fsp3) is 0.312. The maximum absolute atomic E-state index is 14.2. The zero-order valence-electron chi connectivity index (χ0n) is 23.9. The van der Waals surface area contributed by atoms with Gasteiger partial charge in [0.15, 0.2) is 0 Å². The molecule has 8 nitrogen and oxygen atoms in total. The zero-order chi connectivity index (χ0) is 30.2. The highest BCUT2D eigenvalue weighted by molar-refractivity contribution is 6.34. The second kappa shape index (κ2) is 13.8. The van der Waals surface area contributed by atoms with Crippen molar-refractivity contribution in [2.24, 2.45) is 0 Å². The van der Waals surface area contributed by atoms with Crippen LogP contribution in [0.5, 0.6) is 0 Å². The first-order valence-electron chi connectivity index (χ1n) is 13.2. The van der Waals surface area contributed by atoms with Crippen LogP contribution in [0.1, 0.15) is 49.1 Å². The van der Waals surface area contributed by atoms with Crippen LogP contribution in [-0.4, -0.2) is 41.0 Å². The van der Waals surface area contributed by atoms with Gasteiger partial charge in [0, 0.05) is 6.42 Å². The van der Waals surface area contributed by atoms with Crippen LogP contribution in [-0.2, 0) is 20.7 Å². The number of nitriles is 1. The monoisotopic (exact) mass is 574 g/mol. The number of nitrogens with one attached hydrogen (secondary N) is 2. The summed E-state index contributed by atoms with van der Waals surface area (Å²) in [5.74, 6) is -1.16. The highest BCUT2D eigenvalue weighted by Crippen LogP contribution is 2.30. The van der Waals surface area contributed by atoms with Crippen molar-refractivity contribution in [3.05, 3.63) is 100 Å². The standard InChI is InChI=1S/C32H35ClN4O4/c1-21-11-9-15-24(19-21)28(29(38)36-27-22(2)12-10-16-25(27)33)37(18-17-34)30(39)26(20-23-13-7-6-8-14-23)35-31(40)41-32(3,4)5/h6-16,19,26,28H,18,20H2,1-5H3,(H,35,40)(H,36,38). The summed E-state index contributed by atoms with van der Waals surface area (Å²) in [6.45, 7) is 8.43. The van der Waals surface area contributed by atoms with Crippen molar-refractivity contribution in [1.82, 2.24) is 10.2 Å². The third-order valence-electron chi connectivity index (χ3n) is 6.18. The summed E-state index contributed by atoms with van der Waals surface area (Å²) in [5.41, 5.74) is 2.50. The molecule has 41 heavy (non-hydrogen) atoms. The Kier molecular flexibility index (Phi) is 10.5. The Hall–Kier alpha value is -4.35. The van der Waals surface area contributed by atoms with Gasteiger partial charge in [0.2, 0.25) is 5.91 Å². The van der Waals surface area contributed by atoms with E-state index in [1.54, 1.807) is 51.1 Å². The van der Waals surface area contributed by atoms with Gasteiger partial charge < -0.3 is 20.3 Å². The van der Waals surface area contributed by atoms with E-state index in [2.05, 4.69) is 10.6 Å². The predicted molar refractivity (Wildman–Crippen MR) is 159 cm³/mol. The maximum Gasteiger partial charge on any atom is 0.408 e. The number of hydrogen-bond acceptors (Lipinski definition) is 5. The minimum absolute atomic E-state index is 0.118. The first-order chi connectivity index (χ1) is 19.4. The number of carbonyl (C=O) groups is 3. The number of anilines is 1. The van der Waals surface area contributed by atoms with Crippen molar-refractivity contribution < 1.29 is 19.1 Å². The van der Waals surface area contributed by atoms with Crippen LogP contribution >= 0.6 is 11.6 Å². The number of halogens is 1. The normalized spacial score (nSPS) is 12.4. The molecule has 9 heteroatoms. The molecule has 0 aromatic heterocycles. The average molecular weight is 575 g/mol. The molecule has 0 fully saturated rings. The maximum atomic E-state index is 14.2. The molecule has 2 N–H and O–H groups in total. The first-order valence-corrected chi connectivity index (χ1v) is 13.6. The zero-order valence-corrected chi connectivity index (χ0v) is 24.7. The Labute approximate surface area is 246 Å². The Balaban J connectivity index is 2.07. The van der Waals surface area contributed by atoms with Crippen LogP contribution in [0.25, 0.3) is 0 Å². The lowest BCUT2D eigenvalue weighted by atomic mass is 9.99. The topological polar surface area (TPSA) is 112 Å². The molecule has 0 radical (unpaired) electrons. The number of alkyl carbamates (subject to hydrolysis) is 1. The van der Waals surface area contributed by atoms with Gasteiger partial charge in [-0.25, -0.2) is 4.79 Å². The van der Waals surface area contributed by atoms with Crippen molar-refractivity contribution >= 4 is 35.2 Å². The van der Waals surface area contributed by atoms with Gasteiger partial charge in [0.25, 0.3) is 5.91 Å². The van der Waals surface area contributed by atoms with E-state index in [0.717, 1.165) is 16.7 Å². The van der Waals surface area contributed by atoms with E-state index in [9.17, 15) is 19.6 Å². The number of nitrogens with zero attached hydrogens (tertiary/aromatic N) is 2. The number of aryl methyl sites for hydroxylation is 2. The summed E-state index contributed by atoms with van der Waals surface area (Å²) in [6, 6.07) is 21.3. The Bertz CT molecular complexity index is 1410. The molecule has 2 unspecified atom stereocenters. The van der Waals surface area contributed by atoms with Crippen LogP contribution in [0.4, 0.5) is 10.5 Å². The van der Waals surface area contributed by atoms with E-state index in [0.29, 0.717) is 16.3 Å². The lowest BCUT2D eigenvalue weighted by Crippen LogP contribution is -2.53. The third kappa shape index (κ3) is 8.82. The number of ether oxygens (including phenoxy) is 1. The van der Waals surface area contributed by atoms with Gasteiger partial charge in [-0.05, 0) is 57.4 Å². The molecule has 0 bridgehead atoms. The van der Waals surface area contributed by atoms with Crippen LogP contribution in [0.3, 0.4) is 0 Å². The van der Waals surface area contributed by atoms with Crippen molar-refractivity contribution in [2.45, 2.75) is 58.7 Å². The van der Waals surface area contributed by atoms with Gasteiger partial charge in [-0.15, -0.1) is 0 Å². The Morgan fingerprint density at radius 3 is 2.29 bits per heavy atom. The largest absolute Gasteiger partial charge is 0.444 e. The molecule has 3 rings (SSSR count). The smallest absolute Gasteiger partial charge is 0.408 e. The average Bonchev–Trinajstić information content (AvgIpc) is 2.89. The van der Waals surface area contributed by atoms with Gasteiger partial charge >= 0.3 is 6.09 Å². The molecular weight excluding hydrogens is 540 g/mol. The molecule has 0 aliphatic carbocycles. The Morgan fingerprint density at radius 2 is 1.68 bits per heavy atom. The SMILES string of the molecule is Cc1cccc(C(C(=O)Nc2c(C)cccc2Cl)N(CC#N)C(=O)C(Cc2ccccc2)NC(=O)OC(C)(C)C)c1. The lowest BCUT2D eigenvalue weighted by Gasteiger charge is -2.33. The molecule has 0 aliphatic rings. The molecule has 3 amide bonds. The number of hydrogen-bond donors (Lipinski definition) is 2. The predicted octanol–water partition coefficient (Wildman–Crippen LogP) is 6.12. The molecule has 0 saturated heterocycles. The summed E-state index contributed by atoms with van der Waals surface area (Å²) in [4.78, 5) is 42.2. The molecule has 3 aromatic carbocycles. The van der Waals surface area contributed by atoms with E-state index >= 15 is 0 Å². The highest BCUT2D eigenvalue weighted by atomic mass is 35.5. The second-order valence-electron chi connectivity index (χ2n) is 10.8.